The van der Waals surface area contributed by atoms with Gasteiger partial charge < -0.3 is 21.3 Å². The summed E-state index contributed by atoms with van der Waals surface area (Å²) in [6, 6.07) is 6.77. The van der Waals surface area contributed by atoms with Crippen LogP contribution in [0, 0.1) is 0 Å². The van der Waals surface area contributed by atoms with Gasteiger partial charge in [0.15, 0.2) is 0 Å². The van der Waals surface area contributed by atoms with Gasteiger partial charge in [-0.25, -0.2) is 4.98 Å². The van der Waals surface area contributed by atoms with Crippen LogP contribution < -0.4 is 16.4 Å². The minimum Gasteiger partial charge on any atom is -0.382 e. The van der Waals surface area contributed by atoms with Crippen LogP contribution in [0.3, 0.4) is 0 Å². The summed E-state index contributed by atoms with van der Waals surface area (Å²) in [6.07, 6.45) is 3.40. The van der Waals surface area contributed by atoms with Crippen LogP contribution in [-0.4, -0.2) is 45.8 Å². The molecule has 8 nitrogen and oxygen atoms in total. The number of aromatic nitrogens is 2. The maximum absolute atomic E-state index is 12.7. The quantitative estimate of drug-likeness (QED) is 0.678. The molecule has 1 aromatic heterocycles. The number of hydrogen-bond donors (Lipinski definition) is 3. The largest absolute Gasteiger partial charge is 0.382 e. The minimum absolute atomic E-state index is 0.0284. The molecule has 1 atom stereocenters. The molecule has 0 radical (unpaired) electrons. The van der Waals surface area contributed by atoms with E-state index < -0.39 is 0 Å². The third-order valence-electron chi connectivity index (χ3n) is 4.16. The van der Waals surface area contributed by atoms with Crippen molar-refractivity contribution in [3.63, 3.8) is 0 Å². The lowest BCUT2D eigenvalue weighted by atomic mass is 10.2. The number of nitrogens with zero attached hydrogens (tertiary/aromatic N) is 3. The molecular formula is C18H19ClN6O2. The number of nitrogens with one attached hydrogen (secondary N) is 2. The van der Waals surface area contributed by atoms with Crippen LogP contribution >= 0.6 is 11.6 Å². The van der Waals surface area contributed by atoms with Crippen molar-refractivity contribution in [1.29, 1.82) is 0 Å². The highest BCUT2D eigenvalue weighted by Gasteiger charge is 2.27. The zero-order chi connectivity index (χ0) is 19.4. The van der Waals surface area contributed by atoms with Crippen molar-refractivity contribution in [3.8, 4) is 0 Å². The monoisotopic (exact) mass is 386 g/mol. The minimum atomic E-state index is -0.299. The van der Waals surface area contributed by atoms with E-state index in [1.54, 1.807) is 29.2 Å². The maximum atomic E-state index is 12.7. The molecule has 3 rings (SSSR count). The number of anilines is 3. The van der Waals surface area contributed by atoms with Gasteiger partial charge in [-0.2, -0.15) is 4.98 Å². The number of halogens is 1. The van der Waals surface area contributed by atoms with Crippen LogP contribution in [0.25, 0.3) is 0 Å². The molecule has 1 fully saturated rings. The number of carbonyl (C=O) groups excluding carboxylic acids is 2. The second kappa shape index (κ2) is 8.05. The molecule has 2 amide bonds. The molecule has 1 aliphatic rings. The topological polar surface area (TPSA) is 113 Å². The van der Waals surface area contributed by atoms with Gasteiger partial charge in [-0.05, 0) is 36.8 Å². The first-order valence-electron chi connectivity index (χ1n) is 8.33. The Morgan fingerprint density at radius 2 is 2.07 bits per heavy atom. The number of nitrogen functional groups attached to an aromatic ring is 1. The Bertz CT molecular complexity index is 871. The molecule has 2 heterocycles. The highest BCUT2D eigenvalue weighted by atomic mass is 35.5. The summed E-state index contributed by atoms with van der Waals surface area (Å²) in [6.45, 7) is 4.55. The summed E-state index contributed by atoms with van der Waals surface area (Å²) >= 11 is 5.82. The van der Waals surface area contributed by atoms with Gasteiger partial charge >= 0.3 is 0 Å². The van der Waals surface area contributed by atoms with Crippen LogP contribution in [0.5, 0.6) is 0 Å². The van der Waals surface area contributed by atoms with Crippen LogP contribution in [0.4, 0.5) is 17.5 Å². The molecule has 9 heteroatoms. The summed E-state index contributed by atoms with van der Waals surface area (Å²) in [5.41, 5.74) is 6.84. The molecule has 4 N–H and O–H groups in total. The second-order valence-electron chi connectivity index (χ2n) is 6.08. The lowest BCUT2D eigenvalue weighted by molar-refractivity contribution is -0.111. The van der Waals surface area contributed by atoms with E-state index in [4.69, 9.17) is 17.3 Å². The molecular weight excluding hydrogens is 368 g/mol. The summed E-state index contributed by atoms with van der Waals surface area (Å²) in [7, 11) is 0. The Morgan fingerprint density at radius 3 is 2.74 bits per heavy atom. The van der Waals surface area contributed by atoms with Gasteiger partial charge in [-0.1, -0.05) is 18.2 Å². The average Bonchev–Trinajstić information content (AvgIpc) is 3.13. The fourth-order valence-corrected chi connectivity index (χ4v) is 2.86. The third-order valence-corrected chi connectivity index (χ3v) is 4.46. The molecule has 0 unspecified atom stereocenters. The van der Waals surface area contributed by atoms with Gasteiger partial charge in [0, 0.05) is 30.4 Å². The molecule has 0 bridgehead atoms. The van der Waals surface area contributed by atoms with Crippen LogP contribution in [-0.2, 0) is 4.79 Å². The zero-order valence-electron chi connectivity index (χ0n) is 14.5. The van der Waals surface area contributed by atoms with Gasteiger partial charge in [-0.3, -0.25) is 9.59 Å². The molecule has 0 spiro atoms. The van der Waals surface area contributed by atoms with Crippen molar-refractivity contribution in [2.24, 2.45) is 0 Å². The van der Waals surface area contributed by atoms with E-state index in [-0.39, 0.29) is 23.7 Å². The van der Waals surface area contributed by atoms with E-state index in [1.807, 2.05) is 0 Å². The first-order valence-corrected chi connectivity index (χ1v) is 8.71. The molecule has 2 aromatic rings. The van der Waals surface area contributed by atoms with E-state index in [2.05, 4.69) is 27.2 Å². The molecule has 140 valence electrons. The zero-order valence-corrected chi connectivity index (χ0v) is 15.2. The standard InChI is InChI=1S/C18H19ClN6O2/c1-2-15(26)22-12-5-3-11(4-6-12)17(27)25-8-7-13(10-25)23-18-21-9-14(19)16(20)24-18/h2-6,9,13H,1,7-8,10H2,(H,22,26)(H3,20,21,23,24)/t13-/m0/s1. The fourth-order valence-electron chi connectivity index (χ4n) is 2.77. The maximum Gasteiger partial charge on any atom is 0.253 e. The van der Waals surface area contributed by atoms with Crippen LogP contribution in [0.1, 0.15) is 16.8 Å². The number of carbonyl (C=O) groups is 2. The van der Waals surface area contributed by atoms with E-state index >= 15 is 0 Å². The van der Waals surface area contributed by atoms with Crippen LogP contribution in [0.15, 0.2) is 43.1 Å². The summed E-state index contributed by atoms with van der Waals surface area (Å²) < 4.78 is 0. The molecule has 1 saturated heterocycles. The van der Waals surface area contributed by atoms with E-state index in [0.29, 0.717) is 35.3 Å². The number of rotatable bonds is 5. The number of benzene rings is 1. The molecule has 0 aliphatic carbocycles. The van der Waals surface area contributed by atoms with Crippen molar-refractivity contribution in [3.05, 3.63) is 53.7 Å². The lowest BCUT2D eigenvalue weighted by Crippen LogP contribution is -2.31. The predicted octanol–water partition coefficient (Wildman–Crippen LogP) is 2.16. The van der Waals surface area contributed by atoms with Gasteiger partial charge in [0.25, 0.3) is 5.91 Å². The second-order valence-corrected chi connectivity index (χ2v) is 6.49. The highest BCUT2D eigenvalue weighted by Crippen LogP contribution is 2.20. The first-order chi connectivity index (χ1) is 13.0. The van der Waals surface area contributed by atoms with Crippen LogP contribution in [0.2, 0.25) is 5.02 Å². The Kier molecular flexibility index (Phi) is 5.56. The number of likely N-dealkylation sites (tertiary alicyclic amines) is 1. The molecule has 27 heavy (non-hydrogen) atoms. The van der Waals surface area contributed by atoms with E-state index in [9.17, 15) is 9.59 Å². The van der Waals surface area contributed by atoms with Crippen molar-refractivity contribution in [2.75, 3.05) is 29.5 Å². The predicted molar refractivity (Wildman–Crippen MR) is 105 cm³/mol. The Labute approximate surface area is 161 Å². The van der Waals surface area contributed by atoms with E-state index in [0.717, 1.165) is 6.42 Å². The number of hydrogen-bond acceptors (Lipinski definition) is 6. The van der Waals surface area contributed by atoms with Crippen molar-refractivity contribution in [1.82, 2.24) is 14.9 Å². The molecule has 0 saturated carbocycles. The summed E-state index contributed by atoms with van der Waals surface area (Å²) in [5, 5.41) is 6.12. The van der Waals surface area contributed by atoms with Gasteiger partial charge in [0.1, 0.15) is 10.8 Å². The van der Waals surface area contributed by atoms with Crippen molar-refractivity contribution < 1.29 is 9.59 Å². The Morgan fingerprint density at radius 1 is 1.33 bits per heavy atom. The number of amides is 2. The lowest BCUT2D eigenvalue weighted by Gasteiger charge is -2.17. The highest BCUT2D eigenvalue weighted by molar-refractivity contribution is 6.32. The first kappa shape index (κ1) is 18.7. The molecule has 1 aromatic carbocycles. The van der Waals surface area contributed by atoms with E-state index in [1.165, 1.54) is 12.3 Å². The number of nitrogens with two attached hydrogens (primary N) is 1. The normalized spacial score (nSPS) is 16.0. The third kappa shape index (κ3) is 4.53. The SMILES string of the molecule is C=CC(=O)Nc1ccc(C(=O)N2CC[C@H](Nc3ncc(Cl)c(N)n3)C2)cc1. The fraction of sp³-hybridized carbons (Fsp3) is 0.222. The van der Waals surface area contributed by atoms with Gasteiger partial charge in [0.2, 0.25) is 11.9 Å². The smallest absolute Gasteiger partial charge is 0.253 e. The average molecular weight is 387 g/mol. The Hall–Kier alpha value is -3.13. The summed E-state index contributed by atoms with van der Waals surface area (Å²) in [5.74, 6) is 0.229. The van der Waals surface area contributed by atoms with Gasteiger partial charge in [0.05, 0.1) is 6.20 Å². The Balaban J connectivity index is 1.59. The summed E-state index contributed by atoms with van der Waals surface area (Å²) in [4.78, 5) is 33.9. The molecule has 1 aliphatic heterocycles. The van der Waals surface area contributed by atoms with Crippen molar-refractivity contribution in [2.45, 2.75) is 12.5 Å². The van der Waals surface area contributed by atoms with Crippen molar-refractivity contribution >= 4 is 40.9 Å². The van der Waals surface area contributed by atoms with Gasteiger partial charge in [-0.15, -0.1) is 0 Å².